The summed E-state index contributed by atoms with van der Waals surface area (Å²) in [5, 5.41) is 4.08. The maximum Gasteiger partial charge on any atom is 0.223 e. The summed E-state index contributed by atoms with van der Waals surface area (Å²) in [5.74, 6) is -0.689. The molecule has 2 aromatic carbocycles. The topological polar surface area (TPSA) is 68.1 Å². The van der Waals surface area contributed by atoms with Gasteiger partial charge in [0.25, 0.3) is 0 Å². The summed E-state index contributed by atoms with van der Waals surface area (Å²) < 4.78 is 14.6. The van der Waals surface area contributed by atoms with Crippen LogP contribution in [0.3, 0.4) is 0 Å². The molecular formula is C21H21FN4O2. The van der Waals surface area contributed by atoms with Gasteiger partial charge in [0.05, 0.1) is 11.7 Å². The van der Waals surface area contributed by atoms with E-state index in [4.69, 9.17) is 0 Å². The molecule has 3 aromatic rings. The summed E-state index contributed by atoms with van der Waals surface area (Å²) in [6.07, 6.45) is 3.28. The number of carbonyl (C=O) groups excluding carboxylic acids is 2. The first-order valence-electron chi connectivity index (χ1n) is 8.95. The van der Waals surface area contributed by atoms with Crippen LogP contribution in [0.5, 0.6) is 0 Å². The Balaban J connectivity index is 1.57. The van der Waals surface area contributed by atoms with Crippen LogP contribution >= 0.6 is 0 Å². The van der Waals surface area contributed by atoms with E-state index in [1.54, 1.807) is 23.0 Å². The van der Waals surface area contributed by atoms with E-state index in [9.17, 15) is 14.0 Å². The average molecular weight is 380 g/mol. The molecule has 144 valence electrons. The standard InChI is InChI=1S/C21H21FN4O2/c1-15(16-5-9-19(10-6-16)26-14-23-13-24-26)25(2)21(28)12-11-20(27)17-3-7-18(22)8-4-17/h3-10,13-15H,11-12H2,1-2H3/t15-/m1/s1. The summed E-state index contributed by atoms with van der Waals surface area (Å²) in [6.45, 7) is 1.93. The number of carbonyl (C=O) groups is 2. The van der Waals surface area contributed by atoms with E-state index in [0.29, 0.717) is 5.56 Å². The van der Waals surface area contributed by atoms with E-state index in [-0.39, 0.29) is 30.6 Å². The van der Waals surface area contributed by atoms with Crippen LogP contribution in [0, 0.1) is 5.82 Å². The van der Waals surface area contributed by atoms with Crippen LogP contribution in [0.1, 0.15) is 41.7 Å². The molecule has 0 bridgehead atoms. The number of hydrogen-bond acceptors (Lipinski definition) is 4. The molecule has 0 spiro atoms. The van der Waals surface area contributed by atoms with Gasteiger partial charge in [-0.15, -0.1) is 0 Å². The van der Waals surface area contributed by atoms with Crippen molar-refractivity contribution in [3.8, 4) is 5.69 Å². The molecule has 3 rings (SSSR count). The van der Waals surface area contributed by atoms with E-state index in [0.717, 1.165) is 11.3 Å². The van der Waals surface area contributed by atoms with Gasteiger partial charge in [0.2, 0.25) is 5.91 Å². The van der Waals surface area contributed by atoms with Crippen molar-refractivity contribution in [3.63, 3.8) is 0 Å². The monoisotopic (exact) mass is 380 g/mol. The SMILES string of the molecule is C[C@H](c1ccc(-n2cncn2)cc1)N(C)C(=O)CCC(=O)c1ccc(F)cc1. The van der Waals surface area contributed by atoms with Crippen LogP contribution in [0.25, 0.3) is 5.69 Å². The minimum absolute atomic E-state index is 0.0900. The second kappa shape index (κ2) is 8.56. The highest BCUT2D eigenvalue weighted by Gasteiger charge is 2.19. The van der Waals surface area contributed by atoms with Gasteiger partial charge in [-0.05, 0) is 48.9 Å². The van der Waals surface area contributed by atoms with Crippen LogP contribution < -0.4 is 0 Å². The lowest BCUT2D eigenvalue weighted by Gasteiger charge is -2.25. The van der Waals surface area contributed by atoms with Gasteiger partial charge in [-0.3, -0.25) is 9.59 Å². The second-order valence-electron chi connectivity index (χ2n) is 6.54. The van der Waals surface area contributed by atoms with Crippen LogP contribution in [-0.4, -0.2) is 38.4 Å². The fourth-order valence-corrected chi connectivity index (χ4v) is 2.86. The fraction of sp³-hybridized carbons (Fsp3) is 0.238. The molecule has 0 aliphatic rings. The first-order valence-corrected chi connectivity index (χ1v) is 8.95. The van der Waals surface area contributed by atoms with E-state index >= 15 is 0 Å². The van der Waals surface area contributed by atoms with Crippen LogP contribution in [0.15, 0.2) is 61.2 Å². The average Bonchev–Trinajstić information content (AvgIpc) is 3.26. The molecule has 1 heterocycles. The van der Waals surface area contributed by atoms with Crippen LogP contribution in [0.2, 0.25) is 0 Å². The number of nitrogens with zero attached hydrogens (tertiary/aromatic N) is 4. The zero-order chi connectivity index (χ0) is 20.1. The molecule has 0 radical (unpaired) electrons. The highest BCUT2D eigenvalue weighted by Crippen LogP contribution is 2.21. The third-order valence-corrected chi connectivity index (χ3v) is 4.77. The third kappa shape index (κ3) is 4.49. The number of Topliss-reactive ketones (excluding diaryl/α,β-unsaturated/α-hetero) is 1. The van der Waals surface area contributed by atoms with Crippen LogP contribution in [-0.2, 0) is 4.79 Å². The lowest BCUT2D eigenvalue weighted by molar-refractivity contribution is -0.131. The van der Waals surface area contributed by atoms with E-state index < -0.39 is 5.82 Å². The van der Waals surface area contributed by atoms with E-state index in [2.05, 4.69) is 10.1 Å². The predicted molar refractivity (Wildman–Crippen MR) is 103 cm³/mol. The Morgan fingerprint density at radius 2 is 1.75 bits per heavy atom. The van der Waals surface area contributed by atoms with Gasteiger partial charge < -0.3 is 4.90 Å². The second-order valence-corrected chi connectivity index (χ2v) is 6.54. The molecule has 0 aliphatic carbocycles. The Kier molecular flexibility index (Phi) is 5.93. The van der Waals surface area contributed by atoms with E-state index in [1.165, 1.54) is 30.6 Å². The molecule has 7 heteroatoms. The van der Waals surface area contributed by atoms with Crippen LogP contribution in [0.4, 0.5) is 4.39 Å². The lowest BCUT2D eigenvalue weighted by atomic mass is 10.0. The molecule has 0 N–H and O–H groups in total. The maximum atomic E-state index is 12.9. The molecule has 1 amide bonds. The molecule has 0 aliphatic heterocycles. The molecule has 6 nitrogen and oxygen atoms in total. The first kappa shape index (κ1) is 19.4. The van der Waals surface area contributed by atoms with E-state index in [1.807, 2.05) is 31.2 Å². The summed E-state index contributed by atoms with van der Waals surface area (Å²) in [6, 6.07) is 12.9. The Morgan fingerprint density at radius 3 is 2.36 bits per heavy atom. The number of halogens is 1. The van der Waals surface area contributed by atoms with Crippen molar-refractivity contribution < 1.29 is 14.0 Å². The van der Waals surface area contributed by atoms with Crippen molar-refractivity contribution in [2.24, 2.45) is 0 Å². The molecule has 1 aromatic heterocycles. The van der Waals surface area contributed by atoms with Gasteiger partial charge in [0.1, 0.15) is 18.5 Å². The number of amides is 1. The smallest absolute Gasteiger partial charge is 0.223 e. The Morgan fingerprint density at radius 1 is 1.07 bits per heavy atom. The van der Waals surface area contributed by atoms with Crippen molar-refractivity contribution in [2.75, 3.05) is 7.05 Å². The highest BCUT2D eigenvalue weighted by atomic mass is 19.1. The van der Waals surface area contributed by atoms with Crippen molar-refractivity contribution in [1.29, 1.82) is 0 Å². The quantitative estimate of drug-likeness (QED) is 0.588. The lowest BCUT2D eigenvalue weighted by Crippen LogP contribution is -2.29. The van der Waals surface area contributed by atoms with Gasteiger partial charge in [-0.1, -0.05) is 12.1 Å². The summed E-state index contributed by atoms with van der Waals surface area (Å²) in [4.78, 5) is 30.2. The molecule has 0 saturated carbocycles. The fourth-order valence-electron chi connectivity index (χ4n) is 2.86. The Hall–Kier alpha value is -3.35. The number of ketones is 1. The van der Waals surface area contributed by atoms with Gasteiger partial charge in [0.15, 0.2) is 5.78 Å². The number of rotatable bonds is 7. The highest BCUT2D eigenvalue weighted by molar-refractivity contribution is 5.97. The van der Waals surface area contributed by atoms with Crippen molar-refractivity contribution in [3.05, 3.63) is 78.1 Å². The normalized spacial score (nSPS) is 11.8. The largest absolute Gasteiger partial charge is 0.339 e. The third-order valence-electron chi connectivity index (χ3n) is 4.77. The Bertz CT molecular complexity index is 938. The Labute approximate surface area is 162 Å². The molecule has 0 fully saturated rings. The van der Waals surface area contributed by atoms with Crippen molar-refractivity contribution >= 4 is 11.7 Å². The first-order chi connectivity index (χ1) is 13.5. The summed E-state index contributed by atoms with van der Waals surface area (Å²) in [7, 11) is 1.72. The number of benzene rings is 2. The van der Waals surface area contributed by atoms with Gasteiger partial charge in [0, 0.05) is 25.5 Å². The molecular weight excluding hydrogens is 359 g/mol. The summed E-state index contributed by atoms with van der Waals surface area (Å²) in [5.41, 5.74) is 2.27. The molecule has 0 unspecified atom stereocenters. The minimum Gasteiger partial charge on any atom is -0.339 e. The van der Waals surface area contributed by atoms with Gasteiger partial charge in [-0.2, -0.15) is 5.10 Å². The van der Waals surface area contributed by atoms with Gasteiger partial charge >= 0.3 is 0 Å². The minimum atomic E-state index is -0.393. The molecule has 0 saturated heterocycles. The zero-order valence-corrected chi connectivity index (χ0v) is 15.7. The zero-order valence-electron chi connectivity index (χ0n) is 15.7. The summed E-state index contributed by atoms with van der Waals surface area (Å²) >= 11 is 0. The van der Waals surface area contributed by atoms with Crippen molar-refractivity contribution in [1.82, 2.24) is 19.7 Å². The van der Waals surface area contributed by atoms with Gasteiger partial charge in [-0.25, -0.2) is 14.1 Å². The van der Waals surface area contributed by atoms with Crippen molar-refractivity contribution in [2.45, 2.75) is 25.8 Å². The number of hydrogen-bond donors (Lipinski definition) is 0. The maximum absolute atomic E-state index is 12.9. The number of aromatic nitrogens is 3. The molecule has 1 atom stereocenters. The predicted octanol–water partition coefficient (Wildman–Crippen LogP) is 3.59. The molecule has 28 heavy (non-hydrogen) atoms.